The van der Waals surface area contributed by atoms with Crippen LogP contribution in [0.5, 0.6) is 0 Å². The molecule has 2 N–H and O–H groups in total. The van der Waals surface area contributed by atoms with E-state index in [4.69, 9.17) is 10.2 Å². The topological polar surface area (TPSA) is 49.7 Å². The van der Waals surface area contributed by atoms with Crippen LogP contribution in [0.25, 0.3) is 0 Å². The largest absolute Gasteiger partial charge is 0.372 e. The van der Waals surface area contributed by atoms with Gasteiger partial charge in [0.15, 0.2) is 23.3 Å². The second-order valence-corrected chi connectivity index (χ2v) is 5.49. The van der Waals surface area contributed by atoms with E-state index in [1.54, 1.807) is 0 Å². The van der Waals surface area contributed by atoms with Crippen molar-refractivity contribution in [3.63, 3.8) is 0 Å². The minimum atomic E-state index is -1.79. The van der Waals surface area contributed by atoms with Crippen LogP contribution in [0.4, 0.5) is 17.6 Å². The first kappa shape index (κ1) is 18.1. The van der Waals surface area contributed by atoms with Gasteiger partial charge in [-0.2, -0.15) is 0 Å². The smallest absolute Gasteiger partial charge is 0.256 e. The highest BCUT2D eigenvalue weighted by Gasteiger charge is 2.18. The zero-order valence-corrected chi connectivity index (χ0v) is 12.2. The summed E-state index contributed by atoms with van der Waals surface area (Å²) in [6.45, 7) is -1.76. The molecule has 0 aliphatic rings. The van der Waals surface area contributed by atoms with Gasteiger partial charge in [-0.05, 0) is 30.5 Å². The fraction of sp³-hybridized carbons (Fsp3) is 0.538. The predicted octanol–water partition coefficient (Wildman–Crippen LogP) is 2.67. The molecule has 118 valence electrons. The molecule has 3 nitrogen and oxygen atoms in total. The highest BCUT2D eigenvalue weighted by molar-refractivity contribution is 6.26. The Morgan fingerprint density at radius 2 is 1.62 bits per heavy atom. The average molecular weight is 324 g/mol. The van der Waals surface area contributed by atoms with Crippen molar-refractivity contribution in [3.05, 3.63) is 34.9 Å². The molecule has 0 amide bonds. The highest BCUT2D eigenvalue weighted by Crippen LogP contribution is 2.20. The molecular weight excluding hydrogens is 308 g/mol. The summed E-state index contributed by atoms with van der Waals surface area (Å²) >= 11 is 0. The summed E-state index contributed by atoms with van der Waals surface area (Å²) in [6, 6.07) is 1.36. The van der Waals surface area contributed by atoms with Gasteiger partial charge in [0, 0.05) is 0 Å². The third-order valence-corrected chi connectivity index (χ3v) is 3.78. The number of aliphatic hydroxyl groups is 2. The second kappa shape index (κ2) is 9.14. The van der Waals surface area contributed by atoms with Crippen LogP contribution in [0.3, 0.4) is 0 Å². The minimum Gasteiger partial charge on any atom is -0.372 e. The first-order valence-corrected chi connectivity index (χ1v) is 7.61. The van der Waals surface area contributed by atoms with E-state index in [1.807, 2.05) is 0 Å². The first-order chi connectivity index (χ1) is 9.93. The third-order valence-electron chi connectivity index (χ3n) is 2.84. The fourth-order valence-electron chi connectivity index (χ4n) is 1.80. The molecule has 1 rings (SSSR count). The van der Waals surface area contributed by atoms with Gasteiger partial charge in [-0.3, -0.25) is 0 Å². The van der Waals surface area contributed by atoms with Crippen LogP contribution in [0.2, 0.25) is 6.04 Å². The molecule has 0 aromatic heterocycles. The lowest BCUT2D eigenvalue weighted by atomic mass is 10.1. The standard InChI is InChI=1S/C13H16F4O3Si/c14-9-7-8(10(15)12(17)11(9)16)5-3-1-2-4-6-21-20-13(18)19/h7,13,18-19H,1-6H2. The van der Waals surface area contributed by atoms with E-state index in [2.05, 4.69) is 4.43 Å². The predicted molar refractivity (Wildman–Crippen MR) is 68.3 cm³/mol. The Hall–Kier alpha value is -0.963. The van der Waals surface area contributed by atoms with Crippen molar-refractivity contribution in [2.75, 3.05) is 0 Å². The van der Waals surface area contributed by atoms with Gasteiger partial charge in [0.25, 0.3) is 6.48 Å². The lowest BCUT2D eigenvalue weighted by molar-refractivity contribution is -0.180. The molecule has 0 saturated heterocycles. The van der Waals surface area contributed by atoms with E-state index in [-0.39, 0.29) is 21.7 Å². The van der Waals surface area contributed by atoms with Crippen molar-refractivity contribution in [3.8, 4) is 0 Å². The molecule has 1 aromatic carbocycles. The number of halogens is 4. The van der Waals surface area contributed by atoms with E-state index in [0.29, 0.717) is 25.0 Å². The van der Waals surface area contributed by atoms with Gasteiger partial charge in [-0.15, -0.1) is 0 Å². The molecule has 0 aliphatic carbocycles. The van der Waals surface area contributed by atoms with Crippen molar-refractivity contribution < 1.29 is 32.2 Å². The van der Waals surface area contributed by atoms with Crippen molar-refractivity contribution in [1.29, 1.82) is 0 Å². The zero-order chi connectivity index (χ0) is 15.8. The molecule has 21 heavy (non-hydrogen) atoms. The molecule has 2 radical (unpaired) electrons. The van der Waals surface area contributed by atoms with Crippen LogP contribution in [-0.4, -0.2) is 26.5 Å². The van der Waals surface area contributed by atoms with Gasteiger partial charge in [0.2, 0.25) is 9.76 Å². The maximum atomic E-state index is 13.3. The summed E-state index contributed by atoms with van der Waals surface area (Å²) in [7, 11) is -0.0104. The van der Waals surface area contributed by atoms with Crippen LogP contribution < -0.4 is 0 Å². The van der Waals surface area contributed by atoms with E-state index >= 15 is 0 Å². The Labute approximate surface area is 122 Å². The van der Waals surface area contributed by atoms with Gasteiger partial charge in [0.1, 0.15) is 0 Å². The van der Waals surface area contributed by atoms with Crippen molar-refractivity contribution in [1.82, 2.24) is 0 Å². The summed E-state index contributed by atoms with van der Waals surface area (Å²) in [4.78, 5) is 0. The van der Waals surface area contributed by atoms with E-state index in [0.717, 1.165) is 12.8 Å². The summed E-state index contributed by atoms with van der Waals surface area (Å²) < 4.78 is 56.6. The molecule has 0 atom stereocenters. The van der Waals surface area contributed by atoms with Gasteiger partial charge < -0.3 is 14.6 Å². The van der Waals surface area contributed by atoms with E-state index in [9.17, 15) is 17.6 Å². The summed E-state index contributed by atoms with van der Waals surface area (Å²) in [5, 5.41) is 16.9. The number of hydrogen-bond acceptors (Lipinski definition) is 3. The number of hydrogen-bond donors (Lipinski definition) is 2. The molecule has 0 aliphatic heterocycles. The Balaban J connectivity index is 2.25. The molecule has 0 saturated carbocycles. The number of rotatable bonds is 9. The Morgan fingerprint density at radius 1 is 0.952 bits per heavy atom. The van der Waals surface area contributed by atoms with Crippen LogP contribution in [0, 0.1) is 23.3 Å². The molecule has 8 heteroatoms. The molecule has 0 unspecified atom stereocenters. The number of benzene rings is 1. The highest BCUT2D eigenvalue weighted by atomic mass is 28.2. The molecule has 1 aromatic rings. The van der Waals surface area contributed by atoms with Gasteiger partial charge in [0.05, 0.1) is 0 Å². The van der Waals surface area contributed by atoms with E-state index < -0.39 is 29.7 Å². The second-order valence-electron chi connectivity index (χ2n) is 4.46. The normalized spacial score (nSPS) is 11.4. The summed E-state index contributed by atoms with van der Waals surface area (Å²) in [6.07, 6.45) is 2.96. The monoisotopic (exact) mass is 324 g/mol. The zero-order valence-electron chi connectivity index (χ0n) is 11.2. The van der Waals surface area contributed by atoms with Crippen molar-refractivity contribution in [2.45, 2.75) is 44.6 Å². The number of unbranched alkanes of at least 4 members (excludes halogenated alkanes) is 3. The number of aliphatic hydroxyl groups excluding tert-OH is 1. The Bertz CT molecular complexity index is 458. The summed E-state index contributed by atoms with van der Waals surface area (Å²) in [5.74, 6) is -6.28. The number of aryl methyl sites for hydroxylation is 1. The van der Waals surface area contributed by atoms with Gasteiger partial charge in [-0.25, -0.2) is 17.6 Å². The molecule has 0 heterocycles. The lowest BCUT2D eigenvalue weighted by Crippen LogP contribution is -2.12. The third kappa shape index (κ3) is 6.12. The SMILES string of the molecule is OC(O)O[Si]CCCCCCc1cc(F)c(F)c(F)c1F. The Kier molecular flexibility index (Phi) is 7.87. The molecule has 0 fully saturated rings. The maximum absolute atomic E-state index is 13.3. The van der Waals surface area contributed by atoms with Gasteiger partial charge >= 0.3 is 0 Å². The molecule has 0 spiro atoms. The van der Waals surface area contributed by atoms with Crippen LogP contribution >= 0.6 is 0 Å². The first-order valence-electron chi connectivity index (χ1n) is 6.50. The van der Waals surface area contributed by atoms with Crippen LogP contribution in [0.15, 0.2) is 6.07 Å². The van der Waals surface area contributed by atoms with Crippen LogP contribution in [0.1, 0.15) is 31.2 Å². The van der Waals surface area contributed by atoms with E-state index in [1.165, 1.54) is 0 Å². The molecule has 0 bridgehead atoms. The van der Waals surface area contributed by atoms with Crippen molar-refractivity contribution in [2.24, 2.45) is 0 Å². The quantitative estimate of drug-likeness (QED) is 0.183. The summed E-state index contributed by atoms with van der Waals surface area (Å²) in [5.41, 5.74) is -0.167. The average Bonchev–Trinajstić information content (AvgIpc) is 2.44. The minimum absolute atomic E-state index is 0.0104. The van der Waals surface area contributed by atoms with Crippen molar-refractivity contribution >= 4 is 9.76 Å². The van der Waals surface area contributed by atoms with Crippen LogP contribution in [-0.2, 0) is 10.8 Å². The molecular formula is C13H16F4O3Si. The maximum Gasteiger partial charge on any atom is 0.256 e. The fourth-order valence-corrected chi connectivity index (χ4v) is 2.46. The lowest BCUT2D eigenvalue weighted by Gasteiger charge is -2.06. The Morgan fingerprint density at radius 3 is 2.29 bits per heavy atom. The van der Waals surface area contributed by atoms with Gasteiger partial charge in [-0.1, -0.05) is 19.3 Å².